The Kier molecular flexibility index (Phi) is 9.45. The molecule has 0 aromatic carbocycles. The Morgan fingerprint density at radius 3 is 2.29 bits per heavy atom. The molecule has 0 spiro atoms. The van der Waals surface area contributed by atoms with Gasteiger partial charge in [0.15, 0.2) is 0 Å². The summed E-state index contributed by atoms with van der Waals surface area (Å²) in [5, 5.41) is 9.94. The van der Waals surface area contributed by atoms with Crippen LogP contribution < -0.4 is 0 Å². The summed E-state index contributed by atoms with van der Waals surface area (Å²) in [6.45, 7) is 0.542. The largest absolute Gasteiger partial charge is 0.358 e. The van der Waals surface area contributed by atoms with E-state index in [1.54, 1.807) is 0 Å². The van der Waals surface area contributed by atoms with E-state index in [1.807, 2.05) is 0 Å². The molecule has 0 unspecified atom stereocenters. The van der Waals surface area contributed by atoms with E-state index in [1.165, 1.54) is 0 Å². The van der Waals surface area contributed by atoms with Gasteiger partial charge in [-0.05, 0) is 0 Å². The molecule has 4 heteroatoms. The van der Waals surface area contributed by atoms with E-state index in [2.05, 4.69) is 21.7 Å². The molecule has 0 fully saturated rings. The van der Waals surface area contributed by atoms with Crippen molar-refractivity contribution in [2.75, 3.05) is 6.54 Å². The summed E-state index contributed by atoms with van der Waals surface area (Å²) < 4.78 is 0. The van der Waals surface area contributed by atoms with Crippen LogP contribution in [0.4, 0.5) is 0 Å². The third-order valence-electron chi connectivity index (χ3n) is 0.320. The van der Waals surface area contributed by atoms with Crippen molar-refractivity contribution < 1.29 is 32.7 Å². The monoisotopic (exact) mass is 172 g/mol. The molecule has 0 bridgehead atoms. The summed E-state index contributed by atoms with van der Waals surface area (Å²) in [5.74, 6) is 0. The first-order valence-electron chi connectivity index (χ1n) is 1.29. The van der Waals surface area contributed by atoms with Gasteiger partial charge in [-0.15, -0.1) is 0 Å². The molecule has 0 atom stereocenters. The Bertz CT molecular complexity index is 68.2. The summed E-state index contributed by atoms with van der Waals surface area (Å²) in [7, 11) is 0. The molecular formula is C3H5N3Y-2. The Labute approximate surface area is 68.2 Å². The van der Waals surface area contributed by atoms with Crippen molar-refractivity contribution in [3.05, 3.63) is 7.43 Å². The fourth-order valence-electron chi connectivity index (χ4n) is 0.158. The van der Waals surface area contributed by atoms with Crippen LogP contribution in [0.2, 0.25) is 0 Å². The maximum absolute atomic E-state index is 3.43. The molecule has 0 aliphatic carbocycles. The molecule has 0 aromatic heterocycles. The van der Waals surface area contributed by atoms with Crippen LogP contribution in [0, 0.1) is 7.43 Å². The molecule has 1 heterocycles. The second kappa shape index (κ2) is 6.37. The van der Waals surface area contributed by atoms with E-state index in [0.717, 1.165) is 0 Å². The molecule has 1 aliphatic heterocycles. The fourth-order valence-corrected chi connectivity index (χ4v) is 0.158. The second-order valence-corrected chi connectivity index (χ2v) is 0.647. The second-order valence-electron chi connectivity index (χ2n) is 0.647. The van der Waals surface area contributed by atoms with Crippen LogP contribution in [0.25, 0.3) is 0 Å². The molecule has 1 rings (SSSR count). The SMILES string of the molecule is [C-]1=NN=NC1.[CH3-].[Y]. The molecule has 0 saturated heterocycles. The first-order valence-corrected chi connectivity index (χ1v) is 1.29. The molecular weight excluding hydrogens is 167 g/mol. The Morgan fingerprint density at radius 1 is 1.43 bits per heavy atom. The zero-order valence-electron chi connectivity index (χ0n) is 4.13. The molecule has 0 amide bonds. The summed E-state index contributed by atoms with van der Waals surface area (Å²) in [6, 6.07) is 0. The quantitative estimate of drug-likeness (QED) is 0.484. The van der Waals surface area contributed by atoms with E-state index in [0.29, 0.717) is 6.54 Å². The van der Waals surface area contributed by atoms with Gasteiger partial charge >= 0.3 is 0 Å². The molecule has 37 valence electrons. The summed E-state index contributed by atoms with van der Waals surface area (Å²) >= 11 is 0. The van der Waals surface area contributed by atoms with Crippen molar-refractivity contribution in [1.82, 2.24) is 0 Å². The fraction of sp³-hybridized carbons (Fsp3) is 0.333. The van der Waals surface area contributed by atoms with Gasteiger partial charge in [-0.3, -0.25) is 0 Å². The summed E-state index contributed by atoms with van der Waals surface area (Å²) in [5.41, 5.74) is 0. The van der Waals surface area contributed by atoms with E-state index in [9.17, 15) is 0 Å². The van der Waals surface area contributed by atoms with Crippen LogP contribution in [0.3, 0.4) is 0 Å². The first-order chi connectivity index (χ1) is 2.50. The molecule has 0 saturated carbocycles. The van der Waals surface area contributed by atoms with Crippen LogP contribution >= 0.6 is 0 Å². The van der Waals surface area contributed by atoms with Gasteiger partial charge in [-0.1, -0.05) is 11.8 Å². The van der Waals surface area contributed by atoms with Crippen LogP contribution in [0.1, 0.15) is 0 Å². The predicted octanol–water partition coefficient (Wildman–Crippen LogP) is 0.763. The zero-order valence-corrected chi connectivity index (χ0v) is 6.96. The Balaban J connectivity index is 0. The minimum absolute atomic E-state index is 0. The smallest absolute Gasteiger partial charge is 0 e. The van der Waals surface area contributed by atoms with Gasteiger partial charge in [0.25, 0.3) is 0 Å². The van der Waals surface area contributed by atoms with Crippen molar-refractivity contribution in [3.63, 3.8) is 0 Å². The van der Waals surface area contributed by atoms with Gasteiger partial charge in [0.2, 0.25) is 0 Å². The average molecular weight is 172 g/mol. The third kappa shape index (κ3) is 4.22. The number of nitrogens with zero attached hydrogens (tertiary/aromatic N) is 3. The topological polar surface area (TPSA) is 37.1 Å². The average Bonchev–Trinajstić information content (AvgIpc) is 1.76. The van der Waals surface area contributed by atoms with Crippen molar-refractivity contribution in [2.24, 2.45) is 15.4 Å². The molecule has 7 heavy (non-hydrogen) atoms. The summed E-state index contributed by atoms with van der Waals surface area (Å²) in [4.78, 5) is 0. The summed E-state index contributed by atoms with van der Waals surface area (Å²) in [6.07, 6.45) is 2.51. The third-order valence-corrected chi connectivity index (χ3v) is 0.320. The van der Waals surface area contributed by atoms with Gasteiger partial charge in [0.1, 0.15) is 0 Å². The van der Waals surface area contributed by atoms with Crippen molar-refractivity contribution >= 4 is 6.21 Å². The Hall–Kier alpha value is 0.374. The maximum Gasteiger partial charge on any atom is 0 e. The molecule has 0 aromatic rings. The number of rotatable bonds is 0. The van der Waals surface area contributed by atoms with E-state index in [4.69, 9.17) is 0 Å². The minimum atomic E-state index is 0. The van der Waals surface area contributed by atoms with Crippen molar-refractivity contribution in [2.45, 2.75) is 0 Å². The Morgan fingerprint density at radius 2 is 2.14 bits per heavy atom. The van der Waals surface area contributed by atoms with E-state index in [-0.39, 0.29) is 40.1 Å². The molecule has 3 nitrogen and oxygen atoms in total. The first kappa shape index (κ1) is 10.4. The number of hydrogen-bond acceptors (Lipinski definition) is 3. The van der Waals surface area contributed by atoms with Crippen LogP contribution in [-0.2, 0) is 32.7 Å². The standard InChI is InChI=1S/C2H2N3.CH3.Y/c1-2-4-5-3-1;;/h1H2;1H3;/q2*-1;. The molecule has 1 radical (unpaired) electrons. The van der Waals surface area contributed by atoms with Gasteiger partial charge in [0, 0.05) is 32.7 Å². The van der Waals surface area contributed by atoms with Crippen LogP contribution in [0.5, 0.6) is 0 Å². The van der Waals surface area contributed by atoms with Crippen molar-refractivity contribution in [1.29, 1.82) is 0 Å². The van der Waals surface area contributed by atoms with Gasteiger partial charge < -0.3 is 18.7 Å². The van der Waals surface area contributed by atoms with E-state index < -0.39 is 0 Å². The predicted molar refractivity (Wildman–Crippen MR) is 23.6 cm³/mol. The van der Waals surface area contributed by atoms with Gasteiger partial charge in [-0.2, -0.15) is 0 Å². The van der Waals surface area contributed by atoms with Crippen LogP contribution in [-0.4, -0.2) is 12.8 Å². The zero-order chi connectivity index (χ0) is 3.54. The van der Waals surface area contributed by atoms with Gasteiger partial charge in [-0.25, -0.2) is 5.11 Å². The molecule has 1 aliphatic rings. The van der Waals surface area contributed by atoms with Gasteiger partial charge in [0.05, 0.1) is 0 Å². The molecule has 0 N–H and O–H groups in total. The maximum atomic E-state index is 3.43. The normalized spacial score (nSPS) is 12.6. The van der Waals surface area contributed by atoms with E-state index >= 15 is 0 Å². The van der Waals surface area contributed by atoms with Crippen molar-refractivity contribution in [3.8, 4) is 0 Å². The van der Waals surface area contributed by atoms with Crippen LogP contribution in [0.15, 0.2) is 15.4 Å². The minimum Gasteiger partial charge on any atom is -0.358 e. The number of hydrogen-bond donors (Lipinski definition) is 0.